The Bertz CT molecular complexity index is 638. The molecule has 0 unspecified atom stereocenters. The maximum Gasteiger partial charge on any atom is 0.160 e. The predicted octanol–water partition coefficient (Wildman–Crippen LogP) is 3.39. The highest BCUT2D eigenvalue weighted by molar-refractivity contribution is 8.14. The van der Waals surface area contributed by atoms with E-state index in [1.54, 1.807) is 0 Å². The summed E-state index contributed by atoms with van der Waals surface area (Å²) in [5, 5.41) is 1.18. The molecule has 1 fully saturated rings. The molecular weight excluding hydrogens is 280 g/mol. The van der Waals surface area contributed by atoms with E-state index in [0.29, 0.717) is 6.04 Å². The number of aromatic amines is 1. The lowest BCUT2D eigenvalue weighted by Crippen LogP contribution is -2.35. The van der Waals surface area contributed by atoms with Crippen LogP contribution < -0.4 is 0 Å². The number of nitrogens with one attached hydrogen (secondary N) is 1. The first-order chi connectivity index (χ1) is 10.4. The highest BCUT2D eigenvalue weighted by atomic mass is 32.2. The molecule has 21 heavy (non-hydrogen) atoms. The highest BCUT2D eigenvalue weighted by Crippen LogP contribution is 2.47. The highest BCUT2D eigenvalue weighted by Gasteiger charge is 2.45. The third-order valence-electron chi connectivity index (χ3n) is 4.27. The maximum atomic E-state index is 4.98. The molecular formula is C16H18N4S. The zero-order valence-corrected chi connectivity index (χ0v) is 12.8. The number of nitrogens with zero attached hydrogens (tertiary/aromatic N) is 3. The van der Waals surface area contributed by atoms with Crippen molar-refractivity contribution in [2.75, 3.05) is 5.75 Å². The fraction of sp³-hybridized carbons (Fsp3) is 0.375. The molecule has 4 heterocycles. The number of thioether (sulfide) groups is 1. The van der Waals surface area contributed by atoms with Crippen molar-refractivity contribution < 1.29 is 0 Å². The molecule has 1 N–H and O–H groups in total. The molecule has 4 nitrogen and oxygen atoms in total. The van der Waals surface area contributed by atoms with E-state index in [4.69, 9.17) is 4.99 Å². The molecule has 0 amide bonds. The Hall–Kier alpha value is -1.75. The third kappa shape index (κ3) is 2.07. The van der Waals surface area contributed by atoms with Gasteiger partial charge in [-0.1, -0.05) is 24.8 Å². The van der Waals surface area contributed by atoms with Crippen LogP contribution in [0.15, 0.2) is 47.7 Å². The van der Waals surface area contributed by atoms with Crippen molar-refractivity contribution >= 4 is 16.9 Å². The Kier molecular flexibility index (Phi) is 3.22. The summed E-state index contributed by atoms with van der Waals surface area (Å²) < 4.78 is 0. The van der Waals surface area contributed by atoms with E-state index in [9.17, 15) is 0 Å². The minimum absolute atomic E-state index is 0.0849. The number of fused-ring (bicyclic) bond motifs is 1. The van der Waals surface area contributed by atoms with Crippen LogP contribution in [-0.4, -0.2) is 31.8 Å². The number of aromatic nitrogens is 2. The Morgan fingerprint density at radius 3 is 3.00 bits per heavy atom. The molecule has 2 aromatic heterocycles. The van der Waals surface area contributed by atoms with Gasteiger partial charge >= 0.3 is 0 Å². The van der Waals surface area contributed by atoms with E-state index in [-0.39, 0.29) is 12.1 Å². The first-order valence-electron chi connectivity index (χ1n) is 7.41. The molecule has 4 rings (SSSR count). The van der Waals surface area contributed by atoms with Gasteiger partial charge in [-0.3, -0.25) is 9.98 Å². The molecule has 2 aromatic rings. The molecule has 1 saturated heterocycles. The van der Waals surface area contributed by atoms with Gasteiger partial charge in [0.05, 0.1) is 11.7 Å². The zero-order valence-electron chi connectivity index (χ0n) is 11.9. The van der Waals surface area contributed by atoms with Gasteiger partial charge in [0.2, 0.25) is 0 Å². The summed E-state index contributed by atoms with van der Waals surface area (Å²) in [4.78, 5) is 15.4. The molecule has 0 saturated carbocycles. The van der Waals surface area contributed by atoms with Crippen LogP contribution in [0.5, 0.6) is 0 Å². The molecule has 0 aliphatic carbocycles. The number of amidine groups is 1. The SMILES string of the molecule is CC[C@H]1CSC2=N[C@H](c3ccccn3)[C@@H](c3ccc[nH]3)N21. The van der Waals surface area contributed by atoms with Crippen molar-refractivity contribution in [2.45, 2.75) is 31.5 Å². The third-order valence-corrected chi connectivity index (χ3v) is 5.40. The molecule has 2 aliphatic heterocycles. The number of hydrogen-bond donors (Lipinski definition) is 1. The average molecular weight is 298 g/mol. The second kappa shape index (κ2) is 5.22. The zero-order chi connectivity index (χ0) is 14.2. The molecule has 0 radical (unpaired) electrons. The Balaban J connectivity index is 1.78. The second-order valence-electron chi connectivity index (χ2n) is 5.46. The van der Waals surface area contributed by atoms with E-state index in [1.165, 1.54) is 10.9 Å². The molecule has 0 aromatic carbocycles. The lowest BCUT2D eigenvalue weighted by atomic mass is 10.00. The standard InChI is InChI=1S/C16H18N4S/c1-2-11-10-21-16-19-14(12-6-3-4-8-17-12)15(20(11)16)13-7-5-9-18-13/h3-9,11,14-15,18H,2,10H2,1H3/t11-,14+,15+/m0/s1. The van der Waals surface area contributed by atoms with Crippen molar-refractivity contribution in [2.24, 2.45) is 4.99 Å². The van der Waals surface area contributed by atoms with Gasteiger partial charge in [0.1, 0.15) is 6.04 Å². The van der Waals surface area contributed by atoms with E-state index < -0.39 is 0 Å². The van der Waals surface area contributed by atoms with Gasteiger partial charge in [-0.2, -0.15) is 0 Å². The first kappa shape index (κ1) is 13.0. The first-order valence-corrected chi connectivity index (χ1v) is 8.40. The Morgan fingerprint density at radius 1 is 1.33 bits per heavy atom. The number of rotatable bonds is 3. The largest absolute Gasteiger partial charge is 0.363 e. The maximum absolute atomic E-state index is 4.98. The molecule has 108 valence electrons. The summed E-state index contributed by atoms with van der Waals surface area (Å²) in [6.45, 7) is 2.26. The fourth-order valence-electron chi connectivity index (χ4n) is 3.21. The molecule has 5 heteroatoms. The van der Waals surface area contributed by atoms with Crippen molar-refractivity contribution in [3.63, 3.8) is 0 Å². The predicted molar refractivity (Wildman–Crippen MR) is 86.3 cm³/mol. The van der Waals surface area contributed by atoms with Gasteiger partial charge in [0.25, 0.3) is 0 Å². The monoisotopic (exact) mass is 298 g/mol. The minimum Gasteiger partial charge on any atom is -0.363 e. The van der Waals surface area contributed by atoms with Gasteiger partial charge < -0.3 is 9.88 Å². The van der Waals surface area contributed by atoms with Crippen LogP contribution in [0.4, 0.5) is 0 Å². The smallest absolute Gasteiger partial charge is 0.160 e. The van der Waals surface area contributed by atoms with E-state index in [1.807, 2.05) is 36.3 Å². The van der Waals surface area contributed by atoms with E-state index >= 15 is 0 Å². The van der Waals surface area contributed by atoms with Crippen LogP contribution in [0.25, 0.3) is 0 Å². The number of pyridine rings is 1. The summed E-state index contributed by atoms with van der Waals surface area (Å²) in [6.07, 6.45) is 5.00. The lowest BCUT2D eigenvalue weighted by Gasteiger charge is -2.30. The lowest BCUT2D eigenvalue weighted by molar-refractivity contribution is 0.251. The van der Waals surface area contributed by atoms with Crippen LogP contribution >= 0.6 is 11.8 Å². The quantitative estimate of drug-likeness (QED) is 0.944. The van der Waals surface area contributed by atoms with E-state index in [0.717, 1.165) is 17.9 Å². The minimum atomic E-state index is 0.0849. The van der Waals surface area contributed by atoms with Crippen molar-refractivity contribution in [1.82, 2.24) is 14.9 Å². The summed E-state index contributed by atoms with van der Waals surface area (Å²) in [5.74, 6) is 1.14. The van der Waals surface area contributed by atoms with Crippen molar-refractivity contribution in [1.29, 1.82) is 0 Å². The molecule has 0 bridgehead atoms. The van der Waals surface area contributed by atoms with Crippen molar-refractivity contribution in [3.05, 3.63) is 54.1 Å². The summed E-state index contributed by atoms with van der Waals surface area (Å²) >= 11 is 1.88. The van der Waals surface area contributed by atoms with Gasteiger partial charge in [0, 0.05) is 29.9 Å². The van der Waals surface area contributed by atoms with Crippen molar-refractivity contribution in [3.8, 4) is 0 Å². The van der Waals surface area contributed by atoms with Crippen LogP contribution in [0, 0.1) is 0 Å². The van der Waals surface area contributed by atoms with E-state index in [2.05, 4.69) is 40.0 Å². The molecule has 0 spiro atoms. The molecule has 2 aliphatic rings. The number of hydrogen-bond acceptors (Lipinski definition) is 4. The topological polar surface area (TPSA) is 44.3 Å². The Labute approximate surface area is 128 Å². The second-order valence-corrected chi connectivity index (χ2v) is 6.45. The van der Waals surface area contributed by atoms with Crippen LogP contribution in [0.1, 0.15) is 36.8 Å². The summed E-state index contributed by atoms with van der Waals surface area (Å²) in [5.41, 5.74) is 2.28. The van der Waals surface area contributed by atoms with Gasteiger partial charge in [0.15, 0.2) is 5.17 Å². The number of H-pyrrole nitrogens is 1. The Morgan fingerprint density at radius 2 is 2.29 bits per heavy atom. The van der Waals surface area contributed by atoms with Crippen LogP contribution in [0.2, 0.25) is 0 Å². The summed E-state index contributed by atoms with van der Waals surface area (Å²) in [6, 6.07) is 11.2. The van der Waals surface area contributed by atoms with Gasteiger partial charge in [-0.05, 0) is 30.7 Å². The normalized spacial score (nSPS) is 27.8. The van der Waals surface area contributed by atoms with Crippen LogP contribution in [0.3, 0.4) is 0 Å². The average Bonchev–Trinajstić information content (AvgIpc) is 3.23. The molecule has 3 atom stereocenters. The number of aliphatic imine (C=N–C) groups is 1. The fourth-order valence-corrected chi connectivity index (χ4v) is 4.55. The summed E-state index contributed by atoms with van der Waals surface area (Å²) in [7, 11) is 0. The van der Waals surface area contributed by atoms with Crippen LogP contribution in [-0.2, 0) is 0 Å². The van der Waals surface area contributed by atoms with Gasteiger partial charge in [-0.15, -0.1) is 0 Å². The van der Waals surface area contributed by atoms with Gasteiger partial charge in [-0.25, -0.2) is 0 Å².